The maximum absolute atomic E-state index is 2.42. The van der Waals surface area contributed by atoms with Gasteiger partial charge in [0.1, 0.15) is 0 Å². The van der Waals surface area contributed by atoms with E-state index in [2.05, 4.69) is 134 Å². The van der Waals surface area contributed by atoms with Gasteiger partial charge >= 0.3 is 0 Å². The second kappa shape index (κ2) is 7.71. The number of hydrogen-bond donors (Lipinski definition) is 0. The van der Waals surface area contributed by atoms with Gasteiger partial charge in [0.05, 0.1) is 0 Å². The summed E-state index contributed by atoms with van der Waals surface area (Å²) in [6.07, 6.45) is 0. The van der Waals surface area contributed by atoms with E-state index in [9.17, 15) is 0 Å². The third kappa shape index (κ3) is 2.92. The van der Waals surface area contributed by atoms with E-state index in [0.717, 1.165) is 0 Å². The minimum absolute atomic E-state index is 0.157. The highest BCUT2D eigenvalue weighted by Gasteiger charge is 2.40. The zero-order valence-corrected chi connectivity index (χ0v) is 21.3. The average molecular weight is 489 g/mol. The molecule has 6 aromatic rings. The van der Waals surface area contributed by atoms with E-state index in [1.54, 1.807) is 0 Å². The van der Waals surface area contributed by atoms with Crippen LogP contribution < -0.4 is 0 Å². The molecule has 0 bridgehead atoms. The molecule has 1 aliphatic heterocycles. The molecule has 174 valence electrons. The fourth-order valence-electron chi connectivity index (χ4n) is 6.52. The molecule has 0 N–H and O–H groups in total. The highest BCUT2D eigenvalue weighted by atomic mass is 32.2. The molecule has 1 unspecified atom stereocenters. The van der Waals surface area contributed by atoms with E-state index in [4.69, 9.17) is 0 Å². The highest BCUT2D eigenvalue weighted by Crippen LogP contribution is 2.54. The Labute approximate surface area is 221 Å². The Bertz CT molecular complexity index is 1860. The van der Waals surface area contributed by atoms with Crippen LogP contribution >= 0.6 is 11.8 Å². The first kappa shape index (κ1) is 21.1. The Morgan fingerprint density at radius 1 is 0.486 bits per heavy atom. The van der Waals surface area contributed by atoms with Crippen LogP contribution in [-0.2, 0) is 5.41 Å². The summed E-state index contributed by atoms with van der Waals surface area (Å²) in [6, 6.07) is 47.2. The molecule has 8 rings (SSSR count). The van der Waals surface area contributed by atoms with Crippen molar-refractivity contribution in [3.8, 4) is 33.4 Å². The maximum atomic E-state index is 2.42. The molecule has 1 atom stereocenters. The molecular formula is C36H24S. The van der Waals surface area contributed by atoms with Crippen LogP contribution in [0.1, 0.15) is 23.6 Å². The van der Waals surface area contributed by atoms with Crippen molar-refractivity contribution in [2.24, 2.45) is 0 Å². The second-order valence-electron chi connectivity index (χ2n) is 10.3. The van der Waals surface area contributed by atoms with Crippen molar-refractivity contribution in [3.05, 3.63) is 144 Å². The van der Waals surface area contributed by atoms with Crippen LogP contribution in [0.25, 0.3) is 44.2 Å². The van der Waals surface area contributed by atoms with Gasteiger partial charge in [-0.25, -0.2) is 0 Å². The molecule has 0 saturated carbocycles. The van der Waals surface area contributed by atoms with Gasteiger partial charge < -0.3 is 0 Å². The minimum atomic E-state index is -0.157. The molecule has 2 aliphatic rings. The summed E-state index contributed by atoms with van der Waals surface area (Å²) in [5.41, 5.74) is 11.9. The Morgan fingerprint density at radius 3 is 2.11 bits per heavy atom. The van der Waals surface area contributed by atoms with Gasteiger partial charge in [-0.1, -0.05) is 115 Å². The monoisotopic (exact) mass is 488 g/mol. The van der Waals surface area contributed by atoms with E-state index in [-0.39, 0.29) is 5.41 Å². The van der Waals surface area contributed by atoms with Crippen molar-refractivity contribution >= 4 is 22.5 Å². The molecule has 0 radical (unpaired) electrons. The van der Waals surface area contributed by atoms with Gasteiger partial charge in [-0.3, -0.25) is 0 Å². The number of fused-ring (bicyclic) bond motifs is 5. The van der Waals surface area contributed by atoms with Crippen molar-refractivity contribution in [2.75, 3.05) is 0 Å². The highest BCUT2D eigenvalue weighted by molar-refractivity contribution is 7.99. The second-order valence-corrected chi connectivity index (χ2v) is 11.4. The van der Waals surface area contributed by atoms with Gasteiger partial charge in [0.25, 0.3) is 0 Å². The fraction of sp³-hybridized carbons (Fsp3) is 0.0556. The van der Waals surface area contributed by atoms with Crippen molar-refractivity contribution in [3.63, 3.8) is 0 Å². The lowest BCUT2D eigenvalue weighted by molar-refractivity contribution is 0.714. The first-order valence-electron chi connectivity index (χ1n) is 12.9. The summed E-state index contributed by atoms with van der Waals surface area (Å²) in [5, 5.41) is 2.68. The van der Waals surface area contributed by atoms with Gasteiger partial charge in [0.15, 0.2) is 0 Å². The lowest BCUT2D eigenvalue weighted by atomic mass is 9.74. The molecule has 1 aliphatic carbocycles. The van der Waals surface area contributed by atoms with Crippen LogP contribution in [0.5, 0.6) is 0 Å². The molecule has 0 saturated heterocycles. The molecule has 0 fully saturated rings. The Hall–Kier alpha value is -4.07. The molecule has 0 nitrogen and oxygen atoms in total. The van der Waals surface area contributed by atoms with Crippen molar-refractivity contribution < 1.29 is 0 Å². The third-order valence-electron chi connectivity index (χ3n) is 8.34. The average Bonchev–Trinajstić information content (AvgIpc) is 3.22. The normalized spacial score (nSPS) is 16.8. The molecule has 6 aromatic carbocycles. The van der Waals surface area contributed by atoms with E-state index < -0.39 is 0 Å². The van der Waals surface area contributed by atoms with Gasteiger partial charge in [0, 0.05) is 20.6 Å². The zero-order chi connectivity index (χ0) is 24.6. The van der Waals surface area contributed by atoms with Crippen LogP contribution in [0.4, 0.5) is 0 Å². The van der Waals surface area contributed by atoms with E-state index in [1.165, 1.54) is 70.6 Å². The largest absolute Gasteiger partial charge is 0.0888 e. The summed E-state index contributed by atoms with van der Waals surface area (Å²) < 4.78 is 0. The molecule has 1 heterocycles. The quantitative estimate of drug-likeness (QED) is 0.233. The predicted molar refractivity (Wildman–Crippen MR) is 156 cm³/mol. The van der Waals surface area contributed by atoms with Crippen LogP contribution in [0, 0.1) is 0 Å². The summed E-state index contributed by atoms with van der Waals surface area (Å²) in [6.45, 7) is 2.38. The van der Waals surface area contributed by atoms with Gasteiger partial charge in [-0.15, -0.1) is 0 Å². The molecule has 37 heavy (non-hydrogen) atoms. The van der Waals surface area contributed by atoms with E-state index in [1.807, 2.05) is 11.8 Å². The number of hydrogen-bond acceptors (Lipinski definition) is 1. The first-order chi connectivity index (χ1) is 18.2. The number of benzene rings is 6. The molecule has 0 aromatic heterocycles. The van der Waals surface area contributed by atoms with Crippen molar-refractivity contribution in [1.29, 1.82) is 0 Å². The van der Waals surface area contributed by atoms with Crippen molar-refractivity contribution in [2.45, 2.75) is 22.1 Å². The van der Waals surface area contributed by atoms with Crippen LogP contribution in [0.2, 0.25) is 0 Å². The lowest BCUT2D eigenvalue weighted by Crippen LogP contribution is -2.22. The lowest BCUT2D eigenvalue weighted by Gasteiger charge is -2.28. The number of rotatable bonds is 2. The van der Waals surface area contributed by atoms with Gasteiger partial charge in [-0.2, -0.15) is 0 Å². The fourth-order valence-corrected chi connectivity index (χ4v) is 7.71. The van der Waals surface area contributed by atoms with Crippen LogP contribution in [0.15, 0.2) is 137 Å². The summed E-state index contributed by atoms with van der Waals surface area (Å²) >= 11 is 1.89. The smallest absolute Gasteiger partial charge is 0.0435 e. The SMILES string of the molecule is CC1(c2ccccc2)c2ccccc2-c2cc(-c3cc4c5c(cccc5c3)-c3ccccc3S4)ccc21. The van der Waals surface area contributed by atoms with E-state index >= 15 is 0 Å². The van der Waals surface area contributed by atoms with Crippen LogP contribution in [0.3, 0.4) is 0 Å². The minimum Gasteiger partial charge on any atom is -0.0888 e. The topological polar surface area (TPSA) is 0 Å². The molecule has 0 amide bonds. The Kier molecular flexibility index (Phi) is 4.39. The van der Waals surface area contributed by atoms with Gasteiger partial charge in [0.2, 0.25) is 0 Å². The first-order valence-corrected chi connectivity index (χ1v) is 13.7. The summed E-state index contributed by atoms with van der Waals surface area (Å²) in [5.74, 6) is 0. The summed E-state index contributed by atoms with van der Waals surface area (Å²) in [4.78, 5) is 2.68. The summed E-state index contributed by atoms with van der Waals surface area (Å²) in [7, 11) is 0. The van der Waals surface area contributed by atoms with Crippen molar-refractivity contribution in [1.82, 2.24) is 0 Å². The Morgan fingerprint density at radius 2 is 1.22 bits per heavy atom. The van der Waals surface area contributed by atoms with Gasteiger partial charge in [-0.05, 0) is 86.6 Å². The molecular weight excluding hydrogens is 464 g/mol. The van der Waals surface area contributed by atoms with E-state index in [0.29, 0.717) is 0 Å². The predicted octanol–water partition coefficient (Wildman–Crippen LogP) is 9.97. The van der Waals surface area contributed by atoms with Crippen LogP contribution in [-0.4, -0.2) is 0 Å². The third-order valence-corrected chi connectivity index (χ3v) is 9.45. The Balaban J connectivity index is 1.33. The zero-order valence-electron chi connectivity index (χ0n) is 20.5. The molecule has 1 heteroatoms. The molecule has 0 spiro atoms. The standard InChI is InChI=1S/C36H24S/c1-36(26-11-3-2-4-12-26)31-16-7-5-13-27(31)30-21-23(18-19-32(30)36)25-20-24-10-9-15-29-28-14-6-8-17-33(28)37-34(22-25)35(24)29/h2-22H,1H3. The maximum Gasteiger partial charge on any atom is 0.0435 e.